The molecule has 2 aromatic rings. The van der Waals surface area contributed by atoms with Crippen molar-refractivity contribution in [2.45, 2.75) is 31.7 Å². The van der Waals surface area contributed by atoms with Crippen LogP contribution in [0.2, 0.25) is 0 Å². The molecule has 0 aromatic heterocycles. The number of hydrogen-bond donors (Lipinski definition) is 2. The summed E-state index contributed by atoms with van der Waals surface area (Å²) >= 11 is 0. The molecule has 0 bridgehead atoms. The van der Waals surface area contributed by atoms with Crippen LogP contribution >= 0.6 is 0 Å². The third-order valence-corrected chi connectivity index (χ3v) is 6.31. The first-order chi connectivity index (χ1) is 15.6. The number of hydrogen-bond acceptors (Lipinski definition) is 5. The third-order valence-electron chi connectivity index (χ3n) is 6.31. The van der Waals surface area contributed by atoms with E-state index in [4.69, 9.17) is 4.74 Å². The lowest BCUT2D eigenvalue weighted by atomic mass is 10.1. The summed E-state index contributed by atoms with van der Waals surface area (Å²) in [6, 6.07) is 15.5. The van der Waals surface area contributed by atoms with Gasteiger partial charge in [0.15, 0.2) is 0 Å². The van der Waals surface area contributed by atoms with Gasteiger partial charge in [-0.25, -0.2) is 0 Å². The van der Waals surface area contributed by atoms with Crippen LogP contribution < -0.4 is 20.3 Å². The SMILES string of the molecule is COc1ccc(N2CCN(CC(=O)Nc3ccccc3C(=O)NC3CCCC3)CC2)cc1. The van der Waals surface area contributed by atoms with Crippen molar-refractivity contribution in [3.8, 4) is 5.75 Å². The minimum absolute atomic E-state index is 0.0935. The van der Waals surface area contributed by atoms with Crippen molar-refractivity contribution in [1.82, 2.24) is 10.2 Å². The number of anilines is 2. The number of ether oxygens (including phenoxy) is 1. The molecule has 0 spiro atoms. The van der Waals surface area contributed by atoms with E-state index in [1.165, 1.54) is 0 Å². The molecule has 0 atom stereocenters. The van der Waals surface area contributed by atoms with Crippen LogP contribution in [-0.2, 0) is 4.79 Å². The second-order valence-corrected chi connectivity index (χ2v) is 8.51. The molecule has 32 heavy (non-hydrogen) atoms. The van der Waals surface area contributed by atoms with E-state index in [2.05, 4.69) is 32.6 Å². The highest BCUT2D eigenvalue weighted by atomic mass is 16.5. The Kier molecular flexibility index (Phi) is 7.27. The number of benzene rings is 2. The van der Waals surface area contributed by atoms with Crippen molar-refractivity contribution in [3.63, 3.8) is 0 Å². The fourth-order valence-corrected chi connectivity index (χ4v) is 4.47. The second-order valence-electron chi connectivity index (χ2n) is 8.51. The van der Waals surface area contributed by atoms with Gasteiger partial charge in [-0.1, -0.05) is 25.0 Å². The van der Waals surface area contributed by atoms with Crippen molar-refractivity contribution < 1.29 is 14.3 Å². The Morgan fingerprint density at radius 3 is 2.34 bits per heavy atom. The molecule has 2 N–H and O–H groups in total. The molecule has 170 valence electrons. The zero-order valence-electron chi connectivity index (χ0n) is 18.7. The summed E-state index contributed by atoms with van der Waals surface area (Å²) in [7, 11) is 1.67. The quantitative estimate of drug-likeness (QED) is 0.698. The van der Waals surface area contributed by atoms with E-state index in [1.807, 2.05) is 24.3 Å². The first kappa shape index (κ1) is 22.1. The summed E-state index contributed by atoms with van der Waals surface area (Å²) < 4.78 is 5.23. The van der Waals surface area contributed by atoms with Gasteiger partial charge in [0.05, 0.1) is 24.9 Å². The number of nitrogens with one attached hydrogen (secondary N) is 2. The van der Waals surface area contributed by atoms with E-state index in [0.717, 1.165) is 63.3 Å². The molecule has 2 aromatic carbocycles. The third kappa shape index (κ3) is 5.59. The number of amides is 2. The van der Waals surface area contributed by atoms with Gasteiger partial charge in [0.1, 0.15) is 5.75 Å². The monoisotopic (exact) mass is 436 g/mol. The number of rotatable bonds is 7. The summed E-state index contributed by atoms with van der Waals surface area (Å²) in [4.78, 5) is 29.9. The van der Waals surface area contributed by atoms with Crippen LogP contribution in [0, 0.1) is 0 Å². The molecule has 0 unspecified atom stereocenters. The molecule has 1 saturated heterocycles. The summed E-state index contributed by atoms with van der Waals surface area (Å²) in [5.74, 6) is 0.645. The van der Waals surface area contributed by atoms with Crippen LogP contribution in [0.5, 0.6) is 5.75 Å². The topological polar surface area (TPSA) is 73.9 Å². The Hall–Kier alpha value is -3.06. The lowest BCUT2D eigenvalue weighted by Crippen LogP contribution is -2.48. The number of carbonyl (C=O) groups is 2. The second kappa shape index (κ2) is 10.5. The highest BCUT2D eigenvalue weighted by Crippen LogP contribution is 2.22. The van der Waals surface area contributed by atoms with E-state index in [1.54, 1.807) is 19.2 Å². The average molecular weight is 437 g/mol. The maximum atomic E-state index is 12.7. The Labute approximate surface area is 189 Å². The summed E-state index contributed by atoms with van der Waals surface area (Å²) in [6.07, 6.45) is 4.38. The number of piperazine rings is 1. The van der Waals surface area contributed by atoms with E-state index < -0.39 is 0 Å². The Morgan fingerprint density at radius 1 is 0.969 bits per heavy atom. The first-order valence-corrected chi connectivity index (χ1v) is 11.4. The molecule has 1 heterocycles. The van der Waals surface area contributed by atoms with Gasteiger partial charge >= 0.3 is 0 Å². The number of para-hydroxylation sites is 1. The molecule has 1 aliphatic heterocycles. The van der Waals surface area contributed by atoms with Crippen LogP contribution in [0.3, 0.4) is 0 Å². The molecule has 1 saturated carbocycles. The van der Waals surface area contributed by atoms with Gasteiger partial charge < -0.3 is 20.3 Å². The lowest BCUT2D eigenvalue weighted by Gasteiger charge is -2.35. The summed E-state index contributed by atoms with van der Waals surface area (Å²) in [5, 5.41) is 6.05. The number of nitrogens with zero attached hydrogens (tertiary/aromatic N) is 2. The van der Waals surface area contributed by atoms with Crippen molar-refractivity contribution in [1.29, 1.82) is 0 Å². The number of methoxy groups -OCH3 is 1. The van der Waals surface area contributed by atoms with Gasteiger partial charge in [-0.15, -0.1) is 0 Å². The standard InChI is InChI=1S/C25H32N4O3/c1-32-21-12-10-20(11-13-21)29-16-14-28(15-17-29)18-24(30)27-23-9-5-4-8-22(23)25(31)26-19-6-2-3-7-19/h4-5,8-13,19H,2-3,6-7,14-18H2,1H3,(H,26,31)(H,27,30). The molecular weight excluding hydrogens is 404 g/mol. The molecule has 7 nitrogen and oxygen atoms in total. The Bertz CT molecular complexity index is 917. The molecule has 7 heteroatoms. The molecule has 0 radical (unpaired) electrons. The van der Waals surface area contributed by atoms with E-state index in [-0.39, 0.29) is 17.9 Å². The van der Waals surface area contributed by atoms with Crippen LogP contribution in [0.4, 0.5) is 11.4 Å². The van der Waals surface area contributed by atoms with Crippen LogP contribution in [0.1, 0.15) is 36.0 Å². The fraction of sp³-hybridized carbons (Fsp3) is 0.440. The molecule has 2 amide bonds. The molecule has 1 aliphatic carbocycles. The van der Waals surface area contributed by atoms with E-state index in [0.29, 0.717) is 17.8 Å². The smallest absolute Gasteiger partial charge is 0.253 e. The zero-order chi connectivity index (χ0) is 22.3. The normalized spacial score (nSPS) is 17.2. The highest BCUT2D eigenvalue weighted by Gasteiger charge is 2.22. The van der Waals surface area contributed by atoms with E-state index in [9.17, 15) is 9.59 Å². The van der Waals surface area contributed by atoms with Crippen molar-refractivity contribution in [3.05, 3.63) is 54.1 Å². The zero-order valence-corrected chi connectivity index (χ0v) is 18.7. The van der Waals surface area contributed by atoms with Gasteiger partial charge in [0, 0.05) is 37.9 Å². The minimum Gasteiger partial charge on any atom is -0.497 e. The average Bonchev–Trinajstić information content (AvgIpc) is 3.33. The van der Waals surface area contributed by atoms with Crippen molar-refractivity contribution >= 4 is 23.2 Å². The largest absolute Gasteiger partial charge is 0.497 e. The van der Waals surface area contributed by atoms with Gasteiger partial charge in [-0.3, -0.25) is 14.5 Å². The maximum absolute atomic E-state index is 12.7. The molecule has 4 rings (SSSR count). The van der Waals surface area contributed by atoms with E-state index >= 15 is 0 Å². The van der Waals surface area contributed by atoms with Crippen LogP contribution in [0.25, 0.3) is 0 Å². The molecule has 2 aliphatic rings. The Morgan fingerprint density at radius 2 is 1.66 bits per heavy atom. The van der Waals surface area contributed by atoms with Gasteiger partial charge in [0.2, 0.25) is 5.91 Å². The highest BCUT2D eigenvalue weighted by molar-refractivity contribution is 6.04. The fourth-order valence-electron chi connectivity index (χ4n) is 4.47. The predicted octanol–water partition coefficient (Wildman–Crippen LogP) is 3.13. The Balaban J connectivity index is 1.28. The predicted molar refractivity (Wildman–Crippen MR) is 126 cm³/mol. The molecular formula is C25H32N4O3. The van der Waals surface area contributed by atoms with Crippen molar-refractivity contribution in [2.75, 3.05) is 50.1 Å². The lowest BCUT2D eigenvalue weighted by molar-refractivity contribution is -0.117. The minimum atomic E-state index is -0.110. The van der Waals surface area contributed by atoms with Crippen molar-refractivity contribution in [2.24, 2.45) is 0 Å². The maximum Gasteiger partial charge on any atom is 0.253 e. The van der Waals surface area contributed by atoms with Crippen LogP contribution in [0.15, 0.2) is 48.5 Å². The molecule has 2 fully saturated rings. The summed E-state index contributed by atoms with van der Waals surface area (Å²) in [6.45, 7) is 3.65. The van der Waals surface area contributed by atoms with Gasteiger partial charge in [0.25, 0.3) is 5.91 Å². The van der Waals surface area contributed by atoms with Gasteiger partial charge in [-0.05, 0) is 49.2 Å². The van der Waals surface area contributed by atoms with Gasteiger partial charge in [-0.2, -0.15) is 0 Å². The summed E-state index contributed by atoms with van der Waals surface area (Å²) in [5.41, 5.74) is 2.26. The van der Waals surface area contributed by atoms with Crippen LogP contribution in [-0.4, -0.2) is 62.6 Å². The first-order valence-electron chi connectivity index (χ1n) is 11.4. The number of carbonyl (C=O) groups excluding carboxylic acids is 2.